The molecular formula is C11H17N3S2. The number of aromatic nitrogens is 1. The fourth-order valence-corrected chi connectivity index (χ4v) is 3.38. The van der Waals surface area contributed by atoms with Gasteiger partial charge in [-0.15, -0.1) is 11.3 Å². The van der Waals surface area contributed by atoms with E-state index in [1.807, 2.05) is 24.2 Å². The fourth-order valence-electron chi connectivity index (χ4n) is 1.48. The van der Waals surface area contributed by atoms with Gasteiger partial charge < -0.3 is 5.32 Å². The number of nitrogens with zero attached hydrogens (tertiary/aromatic N) is 2. The second-order valence-corrected chi connectivity index (χ2v) is 6.24. The zero-order chi connectivity index (χ0) is 11.5. The fraction of sp³-hybridized carbons (Fsp3) is 0.636. The van der Waals surface area contributed by atoms with Crippen molar-refractivity contribution in [2.45, 2.75) is 33.4 Å². The van der Waals surface area contributed by atoms with Gasteiger partial charge in [0.25, 0.3) is 0 Å². The van der Waals surface area contributed by atoms with Gasteiger partial charge in [-0.2, -0.15) is 0 Å². The predicted molar refractivity (Wildman–Crippen MR) is 72.2 cm³/mol. The van der Waals surface area contributed by atoms with Crippen molar-refractivity contribution in [1.29, 1.82) is 0 Å². The SMILES string of the molecule is Cc1ncsc1CN=C1NC(C(C)C)CS1. The van der Waals surface area contributed by atoms with Crippen LogP contribution in [-0.2, 0) is 6.54 Å². The molecule has 88 valence electrons. The highest BCUT2D eigenvalue weighted by molar-refractivity contribution is 8.14. The van der Waals surface area contributed by atoms with Gasteiger partial charge in [-0.3, -0.25) is 4.99 Å². The molecule has 1 N–H and O–H groups in total. The van der Waals surface area contributed by atoms with E-state index in [4.69, 9.17) is 0 Å². The molecule has 1 aromatic heterocycles. The summed E-state index contributed by atoms with van der Waals surface area (Å²) in [4.78, 5) is 10.1. The smallest absolute Gasteiger partial charge is 0.157 e. The van der Waals surface area contributed by atoms with Crippen LogP contribution in [0.5, 0.6) is 0 Å². The number of aliphatic imine (C=N–C) groups is 1. The van der Waals surface area contributed by atoms with Crippen LogP contribution < -0.4 is 5.32 Å². The Balaban J connectivity index is 1.92. The van der Waals surface area contributed by atoms with Crippen LogP contribution >= 0.6 is 23.1 Å². The molecule has 0 radical (unpaired) electrons. The minimum Gasteiger partial charge on any atom is -0.361 e. The summed E-state index contributed by atoms with van der Waals surface area (Å²) in [6.45, 7) is 7.29. The molecule has 2 rings (SSSR count). The van der Waals surface area contributed by atoms with Crippen molar-refractivity contribution >= 4 is 28.3 Å². The number of rotatable bonds is 3. The average Bonchev–Trinajstić information content (AvgIpc) is 2.83. The van der Waals surface area contributed by atoms with E-state index >= 15 is 0 Å². The maximum Gasteiger partial charge on any atom is 0.157 e. The van der Waals surface area contributed by atoms with Gasteiger partial charge in [-0.1, -0.05) is 25.6 Å². The molecule has 1 fully saturated rings. The van der Waals surface area contributed by atoms with Crippen LogP contribution in [0.4, 0.5) is 0 Å². The molecular weight excluding hydrogens is 238 g/mol. The van der Waals surface area contributed by atoms with Crippen LogP contribution in [0.15, 0.2) is 10.5 Å². The number of thioether (sulfide) groups is 1. The normalized spacial score (nSPS) is 23.0. The third-order valence-electron chi connectivity index (χ3n) is 2.72. The first-order valence-corrected chi connectivity index (χ1v) is 7.36. The van der Waals surface area contributed by atoms with Gasteiger partial charge in [0, 0.05) is 16.7 Å². The summed E-state index contributed by atoms with van der Waals surface area (Å²) in [7, 11) is 0. The molecule has 0 aromatic carbocycles. The van der Waals surface area contributed by atoms with E-state index in [1.165, 1.54) is 4.88 Å². The summed E-state index contributed by atoms with van der Waals surface area (Å²) in [6.07, 6.45) is 0. The summed E-state index contributed by atoms with van der Waals surface area (Å²) < 4.78 is 0. The Labute approximate surface area is 105 Å². The van der Waals surface area contributed by atoms with Crippen molar-refractivity contribution in [2.75, 3.05) is 5.75 Å². The molecule has 1 atom stereocenters. The number of nitrogens with one attached hydrogen (secondary N) is 1. The van der Waals surface area contributed by atoms with Crippen LogP contribution in [0, 0.1) is 12.8 Å². The van der Waals surface area contributed by atoms with E-state index in [9.17, 15) is 0 Å². The lowest BCUT2D eigenvalue weighted by atomic mass is 10.1. The van der Waals surface area contributed by atoms with Gasteiger partial charge in [0.05, 0.1) is 17.7 Å². The maximum absolute atomic E-state index is 4.60. The Hall–Kier alpha value is -0.550. The Morgan fingerprint density at radius 2 is 2.44 bits per heavy atom. The highest BCUT2D eigenvalue weighted by Gasteiger charge is 2.22. The molecule has 0 amide bonds. The van der Waals surface area contributed by atoms with Gasteiger partial charge in [-0.25, -0.2) is 4.98 Å². The van der Waals surface area contributed by atoms with E-state index in [-0.39, 0.29) is 0 Å². The zero-order valence-electron chi connectivity index (χ0n) is 9.86. The minimum atomic E-state index is 0.575. The standard InChI is InChI=1S/C11H17N3S2/c1-7(2)9-5-15-11(14-9)12-4-10-8(3)13-6-16-10/h6-7,9H,4-5H2,1-3H3,(H,12,14). The number of hydrogen-bond donors (Lipinski definition) is 1. The molecule has 16 heavy (non-hydrogen) atoms. The molecule has 0 aliphatic carbocycles. The first-order chi connectivity index (χ1) is 7.66. The maximum atomic E-state index is 4.60. The molecule has 3 nitrogen and oxygen atoms in total. The summed E-state index contributed by atoms with van der Waals surface area (Å²) >= 11 is 3.51. The molecule has 1 aliphatic rings. The van der Waals surface area contributed by atoms with Crippen molar-refractivity contribution in [3.63, 3.8) is 0 Å². The lowest BCUT2D eigenvalue weighted by Crippen LogP contribution is -2.31. The molecule has 0 saturated carbocycles. The van der Waals surface area contributed by atoms with Crippen LogP contribution in [0.2, 0.25) is 0 Å². The highest BCUT2D eigenvalue weighted by atomic mass is 32.2. The third-order valence-corrected chi connectivity index (χ3v) is 4.69. The Bertz CT molecular complexity index is 384. The summed E-state index contributed by atoms with van der Waals surface area (Å²) in [5, 5.41) is 4.56. The molecule has 2 heterocycles. The topological polar surface area (TPSA) is 37.3 Å². The predicted octanol–water partition coefficient (Wildman–Crippen LogP) is 2.67. The number of aryl methyl sites for hydroxylation is 1. The quantitative estimate of drug-likeness (QED) is 0.902. The van der Waals surface area contributed by atoms with Crippen molar-refractivity contribution < 1.29 is 0 Å². The molecule has 5 heteroatoms. The molecule has 0 bridgehead atoms. The van der Waals surface area contributed by atoms with Crippen molar-refractivity contribution in [2.24, 2.45) is 10.9 Å². The van der Waals surface area contributed by atoms with Gasteiger partial charge in [-0.05, 0) is 12.8 Å². The first kappa shape index (κ1) is 11.9. The molecule has 1 saturated heterocycles. The second-order valence-electron chi connectivity index (χ2n) is 4.29. The Morgan fingerprint density at radius 3 is 3.00 bits per heavy atom. The van der Waals surface area contributed by atoms with Gasteiger partial charge in [0.2, 0.25) is 0 Å². The third kappa shape index (κ3) is 2.77. The average molecular weight is 255 g/mol. The lowest BCUT2D eigenvalue weighted by molar-refractivity contribution is 0.503. The zero-order valence-corrected chi connectivity index (χ0v) is 11.5. The molecule has 1 aliphatic heterocycles. The van der Waals surface area contributed by atoms with Crippen LogP contribution in [0.25, 0.3) is 0 Å². The Kier molecular flexibility index (Phi) is 3.86. The molecule has 0 spiro atoms. The number of hydrogen-bond acceptors (Lipinski definition) is 4. The van der Waals surface area contributed by atoms with E-state index in [0.29, 0.717) is 12.0 Å². The van der Waals surface area contributed by atoms with E-state index in [2.05, 4.69) is 29.1 Å². The minimum absolute atomic E-state index is 0.575. The van der Waals surface area contributed by atoms with E-state index in [0.717, 1.165) is 23.2 Å². The number of thiazole rings is 1. The van der Waals surface area contributed by atoms with Crippen LogP contribution in [0.1, 0.15) is 24.4 Å². The lowest BCUT2D eigenvalue weighted by Gasteiger charge is -2.12. The molecule has 1 aromatic rings. The van der Waals surface area contributed by atoms with E-state index in [1.54, 1.807) is 11.3 Å². The van der Waals surface area contributed by atoms with Gasteiger partial charge in [0.15, 0.2) is 5.17 Å². The summed E-state index contributed by atoms with van der Waals surface area (Å²) in [5.41, 5.74) is 2.99. The Morgan fingerprint density at radius 1 is 1.62 bits per heavy atom. The van der Waals surface area contributed by atoms with Gasteiger partial charge >= 0.3 is 0 Å². The van der Waals surface area contributed by atoms with Gasteiger partial charge in [0.1, 0.15) is 0 Å². The van der Waals surface area contributed by atoms with Crippen molar-refractivity contribution in [1.82, 2.24) is 10.3 Å². The van der Waals surface area contributed by atoms with Crippen LogP contribution in [0.3, 0.4) is 0 Å². The monoisotopic (exact) mass is 255 g/mol. The highest BCUT2D eigenvalue weighted by Crippen LogP contribution is 2.20. The summed E-state index contributed by atoms with van der Waals surface area (Å²) in [5.74, 6) is 1.81. The second kappa shape index (κ2) is 5.19. The largest absolute Gasteiger partial charge is 0.361 e. The first-order valence-electron chi connectivity index (χ1n) is 5.49. The van der Waals surface area contributed by atoms with E-state index < -0.39 is 0 Å². The van der Waals surface area contributed by atoms with Crippen molar-refractivity contribution in [3.05, 3.63) is 16.1 Å². The van der Waals surface area contributed by atoms with Crippen LogP contribution in [-0.4, -0.2) is 21.9 Å². The molecule has 1 unspecified atom stereocenters. The van der Waals surface area contributed by atoms with Crippen molar-refractivity contribution in [3.8, 4) is 0 Å². The summed E-state index contributed by atoms with van der Waals surface area (Å²) in [6, 6.07) is 0.575. The number of amidine groups is 1.